The van der Waals surface area contributed by atoms with Gasteiger partial charge >= 0.3 is 18.0 Å². The van der Waals surface area contributed by atoms with E-state index >= 15 is 0 Å². The number of aromatic nitrogens is 1. The number of pyridine rings is 1. The van der Waals surface area contributed by atoms with Gasteiger partial charge < -0.3 is 34.4 Å². The normalized spacial score (nSPS) is 14.8. The van der Waals surface area contributed by atoms with Gasteiger partial charge in [-0.2, -0.15) is 0 Å². The molecule has 2 N–H and O–H groups in total. The summed E-state index contributed by atoms with van der Waals surface area (Å²) in [5.41, 5.74) is 0.464. The lowest BCUT2D eigenvalue weighted by molar-refractivity contribution is -0.155. The number of nitrogens with zero attached hydrogens (tertiary/aromatic N) is 3. The minimum atomic E-state index is -1.20. The van der Waals surface area contributed by atoms with Gasteiger partial charge in [-0.05, 0) is 65.2 Å². The Morgan fingerprint density at radius 2 is 1.71 bits per heavy atom. The van der Waals surface area contributed by atoms with Crippen LogP contribution in [0.1, 0.15) is 76.4 Å². The number of hydrogen-bond donors (Lipinski definition) is 2. The maximum absolute atomic E-state index is 13.7. The zero-order valence-electron chi connectivity index (χ0n) is 26.9. The third kappa shape index (κ3) is 10.3. The Hall–Kier alpha value is -4.42. The van der Waals surface area contributed by atoms with Crippen LogP contribution in [0.15, 0.2) is 24.3 Å². The average molecular weight is 629 g/mol. The second-order valence-corrected chi connectivity index (χ2v) is 12.1. The summed E-state index contributed by atoms with van der Waals surface area (Å²) in [6.45, 7) is 11.7. The SMILES string of the molecule is CCCCOC(=O)N1CCN(C(=O)[C@H](CCC(=O)OC(C)(C)C)NC(=O)c2cc(O[C@H](C)C(=O)O)c3ccc(C)cc3n2)CC1. The Balaban J connectivity index is 1.82. The number of aryl methyl sites for hydroxylation is 1. The van der Waals surface area contributed by atoms with Crippen LogP contribution in [-0.4, -0.2) is 100 Å². The predicted molar refractivity (Wildman–Crippen MR) is 165 cm³/mol. The number of carboxylic acid groups (broad SMARTS) is 1. The lowest BCUT2D eigenvalue weighted by Gasteiger charge is -2.36. The molecular formula is C32H44N4O9. The van der Waals surface area contributed by atoms with Crippen LogP contribution in [0.25, 0.3) is 10.9 Å². The second-order valence-electron chi connectivity index (χ2n) is 12.1. The molecule has 45 heavy (non-hydrogen) atoms. The van der Waals surface area contributed by atoms with Crippen molar-refractivity contribution in [3.63, 3.8) is 0 Å². The summed E-state index contributed by atoms with van der Waals surface area (Å²) < 4.78 is 16.3. The molecule has 2 aromatic rings. The molecule has 1 aromatic heterocycles. The van der Waals surface area contributed by atoms with Crippen LogP contribution in [0, 0.1) is 6.92 Å². The number of piperazine rings is 1. The van der Waals surface area contributed by atoms with E-state index < -0.39 is 47.6 Å². The standard InChI is InChI=1S/C32H44N4O9/c1-7-8-17-43-31(42)36-15-13-35(14-16-36)29(39)23(11-12-27(37)45-32(4,5)6)34-28(38)25-19-26(44-21(3)30(40)41)22-10-9-20(2)18-24(22)33-25/h9-10,18-19,21,23H,7-8,11-17H2,1-6H3,(H,34,38)(H,40,41)/t21-,23+/m1/s1. The van der Waals surface area contributed by atoms with Crippen molar-refractivity contribution >= 4 is 40.7 Å². The zero-order valence-corrected chi connectivity index (χ0v) is 26.9. The molecule has 2 heterocycles. The minimum Gasteiger partial charge on any atom is -0.479 e. The quantitative estimate of drug-likeness (QED) is 0.262. The largest absolute Gasteiger partial charge is 0.479 e. The Bertz CT molecular complexity index is 1400. The molecule has 1 aromatic carbocycles. The summed E-state index contributed by atoms with van der Waals surface area (Å²) in [4.78, 5) is 71.2. The number of hydrogen-bond acceptors (Lipinski definition) is 9. The highest BCUT2D eigenvalue weighted by Crippen LogP contribution is 2.28. The number of benzene rings is 1. The fourth-order valence-electron chi connectivity index (χ4n) is 4.63. The first kappa shape index (κ1) is 35.1. The van der Waals surface area contributed by atoms with Crippen LogP contribution in [0.4, 0.5) is 4.79 Å². The number of rotatable bonds is 12. The highest BCUT2D eigenvalue weighted by atomic mass is 16.6. The van der Waals surface area contributed by atoms with Gasteiger partial charge in [-0.25, -0.2) is 14.6 Å². The van der Waals surface area contributed by atoms with E-state index in [9.17, 15) is 29.1 Å². The number of fused-ring (bicyclic) bond motifs is 1. The van der Waals surface area contributed by atoms with Gasteiger partial charge in [-0.3, -0.25) is 14.4 Å². The van der Waals surface area contributed by atoms with E-state index in [1.54, 1.807) is 32.9 Å². The highest BCUT2D eigenvalue weighted by molar-refractivity contribution is 5.99. The summed E-state index contributed by atoms with van der Waals surface area (Å²) in [6, 6.07) is 5.52. The van der Waals surface area contributed by atoms with Crippen molar-refractivity contribution in [2.24, 2.45) is 0 Å². The predicted octanol–water partition coefficient (Wildman–Crippen LogP) is 3.70. The van der Waals surface area contributed by atoms with Crippen LogP contribution >= 0.6 is 0 Å². The monoisotopic (exact) mass is 628 g/mol. The second kappa shape index (κ2) is 15.5. The number of amides is 3. The molecule has 1 saturated heterocycles. The number of unbranched alkanes of at least 4 members (excludes halogenated alkanes) is 1. The maximum Gasteiger partial charge on any atom is 0.409 e. The van der Waals surface area contributed by atoms with Gasteiger partial charge in [0.1, 0.15) is 23.1 Å². The van der Waals surface area contributed by atoms with Crippen LogP contribution in [0.2, 0.25) is 0 Å². The van der Waals surface area contributed by atoms with E-state index in [2.05, 4.69) is 10.3 Å². The van der Waals surface area contributed by atoms with Crippen LogP contribution in [-0.2, 0) is 23.9 Å². The molecule has 3 rings (SSSR count). The van der Waals surface area contributed by atoms with Crippen molar-refractivity contribution in [1.29, 1.82) is 0 Å². The number of carbonyl (C=O) groups excluding carboxylic acids is 4. The number of carbonyl (C=O) groups is 5. The fourth-order valence-corrected chi connectivity index (χ4v) is 4.63. The van der Waals surface area contributed by atoms with Crippen molar-refractivity contribution in [2.75, 3.05) is 32.8 Å². The molecule has 2 atom stereocenters. The number of ether oxygens (including phenoxy) is 3. The van der Waals surface area contributed by atoms with Crippen LogP contribution in [0.5, 0.6) is 5.75 Å². The molecule has 0 aliphatic carbocycles. The summed E-state index contributed by atoms with van der Waals surface area (Å²) in [7, 11) is 0. The molecule has 246 valence electrons. The van der Waals surface area contributed by atoms with Gasteiger partial charge in [0.05, 0.1) is 12.1 Å². The summed E-state index contributed by atoms with van der Waals surface area (Å²) in [5.74, 6) is -2.67. The first-order chi connectivity index (χ1) is 21.2. The molecule has 1 aliphatic rings. The van der Waals surface area contributed by atoms with Crippen molar-refractivity contribution in [3.8, 4) is 5.75 Å². The Labute approximate surface area is 263 Å². The Morgan fingerprint density at radius 1 is 1.04 bits per heavy atom. The minimum absolute atomic E-state index is 0.0368. The van der Waals surface area contributed by atoms with Gasteiger partial charge in [-0.15, -0.1) is 0 Å². The summed E-state index contributed by atoms with van der Waals surface area (Å²) in [5, 5.41) is 12.6. The van der Waals surface area contributed by atoms with E-state index in [-0.39, 0.29) is 50.5 Å². The molecule has 3 amide bonds. The third-order valence-electron chi connectivity index (χ3n) is 7.05. The third-order valence-corrected chi connectivity index (χ3v) is 7.05. The topological polar surface area (TPSA) is 165 Å². The highest BCUT2D eigenvalue weighted by Gasteiger charge is 2.32. The van der Waals surface area contributed by atoms with Crippen molar-refractivity contribution in [3.05, 3.63) is 35.5 Å². The van der Waals surface area contributed by atoms with Gasteiger partial charge in [0.15, 0.2) is 6.10 Å². The fraction of sp³-hybridized carbons (Fsp3) is 0.562. The maximum atomic E-state index is 13.7. The Morgan fingerprint density at radius 3 is 2.33 bits per heavy atom. The molecule has 13 heteroatoms. The number of nitrogens with one attached hydrogen (secondary N) is 1. The molecule has 1 aliphatic heterocycles. The van der Waals surface area contributed by atoms with E-state index in [4.69, 9.17) is 14.2 Å². The van der Waals surface area contributed by atoms with Gasteiger partial charge in [0.25, 0.3) is 5.91 Å². The smallest absolute Gasteiger partial charge is 0.409 e. The average Bonchev–Trinajstić information content (AvgIpc) is 2.97. The van der Waals surface area contributed by atoms with E-state index in [0.29, 0.717) is 17.5 Å². The van der Waals surface area contributed by atoms with E-state index in [1.807, 2.05) is 19.9 Å². The van der Waals surface area contributed by atoms with Crippen molar-refractivity contribution in [2.45, 2.75) is 85.0 Å². The molecule has 0 spiro atoms. The van der Waals surface area contributed by atoms with Crippen molar-refractivity contribution < 1.29 is 43.3 Å². The first-order valence-electron chi connectivity index (χ1n) is 15.2. The Kier molecular flexibility index (Phi) is 12.1. The lowest BCUT2D eigenvalue weighted by Crippen LogP contribution is -2.56. The molecule has 13 nitrogen and oxygen atoms in total. The molecular weight excluding hydrogens is 584 g/mol. The first-order valence-corrected chi connectivity index (χ1v) is 15.2. The molecule has 0 radical (unpaired) electrons. The van der Waals surface area contributed by atoms with Gasteiger partial charge in [0, 0.05) is 44.1 Å². The van der Waals surface area contributed by atoms with Crippen LogP contribution in [0.3, 0.4) is 0 Å². The molecule has 0 bridgehead atoms. The summed E-state index contributed by atoms with van der Waals surface area (Å²) in [6.07, 6.45) is -0.133. The van der Waals surface area contributed by atoms with Crippen LogP contribution < -0.4 is 10.1 Å². The number of aliphatic carboxylic acids is 1. The van der Waals surface area contributed by atoms with E-state index in [0.717, 1.165) is 18.4 Å². The van der Waals surface area contributed by atoms with E-state index in [1.165, 1.54) is 22.8 Å². The van der Waals surface area contributed by atoms with Gasteiger partial charge in [-0.1, -0.05) is 19.4 Å². The molecule has 1 fully saturated rings. The zero-order chi connectivity index (χ0) is 33.3. The number of carboxylic acids is 1. The van der Waals surface area contributed by atoms with Crippen molar-refractivity contribution in [1.82, 2.24) is 20.1 Å². The molecule has 0 unspecified atom stereocenters. The molecule has 0 saturated carbocycles. The number of esters is 1. The lowest BCUT2D eigenvalue weighted by atomic mass is 10.1. The van der Waals surface area contributed by atoms with Gasteiger partial charge in [0.2, 0.25) is 5.91 Å². The summed E-state index contributed by atoms with van der Waals surface area (Å²) >= 11 is 0.